The van der Waals surface area contributed by atoms with Crippen LogP contribution in [0.2, 0.25) is 0 Å². The molecule has 0 bridgehead atoms. The van der Waals surface area contributed by atoms with Gasteiger partial charge in [-0.3, -0.25) is 4.90 Å². The van der Waals surface area contributed by atoms with Crippen LogP contribution in [-0.2, 0) is 30.1 Å². The van der Waals surface area contributed by atoms with Gasteiger partial charge in [-0.2, -0.15) is 0 Å². The molecule has 0 aliphatic carbocycles. The SMILES string of the molecule is C=CCn1c(CN(C)Cc2ccc(C(=O)OC)cc2)nnc1SCc1cccc(F)c1. The molecular weight excluding hydrogens is 415 g/mol. The fourth-order valence-electron chi connectivity index (χ4n) is 3.10. The predicted octanol–water partition coefficient (Wildman–Crippen LogP) is 4.31. The van der Waals surface area contributed by atoms with Crippen molar-refractivity contribution in [1.82, 2.24) is 19.7 Å². The summed E-state index contributed by atoms with van der Waals surface area (Å²) in [5.74, 6) is 0.846. The molecule has 0 N–H and O–H groups in total. The summed E-state index contributed by atoms with van der Waals surface area (Å²) in [6.07, 6.45) is 1.81. The Balaban J connectivity index is 1.65. The van der Waals surface area contributed by atoms with E-state index in [0.717, 1.165) is 22.1 Å². The molecule has 3 aromatic rings. The van der Waals surface area contributed by atoms with Crippen molar-refractivity contribution in [2.45, 2.75) is 30.5 Å². The van der Waals surface area contributed by atoms with Crippen LogP contribution in [0, 0.1) is 5.82 Å². The smallest absolute Gasteiger partial charge is 0.337 e. The summed E-state index contributed by atoms with van der Waals surface area (Å²) < 4.78 is 20.2. The highest BCUT2D eigenvalue weighted by atomic mass is 32.2. The van der Waals surface area contributed by atoms with Gasteiger partial charge in [0.05, 0.1) is 19.2 Å². The largest absolute Gasteiger partial charge is 0.465 e. The zero-order valence-electron chi connectivity index (χ0n) is 17.6. The average Bonchev–Trinajstić information content (AvgIpc) is 3.13. The maximum absolute atomic E-state index is 13.4. The average molecular weight is 441 g/mol. The van der Waals surface area contributed by atoms with E-state index in [9.17, 15) is 9.18 Å². The molecule has 6 nitrogen and oxygen atoms in total. The van der Waals surface area contributed by atoms with Crippen molar-refractivity contribution >= 4 is 17.7 Å². The molecule has 2 aromatic carbocycles. The molecule has 0 amide bonds. The monoisotopic (exact) mass is 440 g/mol. The number of halogens is 1. The lowest BCUT2D eigenvalue weighted by atomic mass is 10.1. The van der Waals surface area contributed by atoms with Gasteiger partial charge in [0.1, 0.15) is 11.6 Å². The first-order valence-corrected chi connectivity index (χ1v) is 10.7. The highest BCUT2D eigenvalue weighted by molar-refractivity contribution is 7.98. The van der Waals surface area contributed by atoms with Crippen LogP contribution in [0.3, 0.4) is 0 Å². The second-order valence-electron chi connectivity index (χ2n) is 7.08. The number of allylic oxidation sites excluding steroid dienone is 1. The van der Waals surface area contributed by atoms with Crippen LogP contribution in [0.5, 0.6) is 0 Å². The van der Waals surface area contributed by atoms with E-state index in [4.69, 9.17) is 4.74 Å². The van der Waals surface area contributed by atoms with E-state index in [1.807, 2.05) is 35.9 Å². The van der Waals surface area contributed by atoms with E-state index in [-0.39, 0.29) is 11.8 Å². The summed E-state index contributed by atoms with van der Waals surface area (Å²) in [6.45, 7) is 5.72. The lowest BCUT2D eigenvalue weighted by Crippen LogP contribution is -2.20. The third-order valence-corrected chi connectivity index (χ3v) is 5.64. The summed E-state index contributed by atoms with van der Waals surface area (Å²) in [7, 11) is 3.37. The standard InChI is InChI=1S/C23H25FN4O2S/c1-4-12-28-21(25-26-23(28)31-16-18-6-5-7-20(24)13-18)15-27(2)14-17-8-10-19(11-9-17)22(29)30-3/h4-11,13H,1,12,14-16H2,2-3H3. The van der Waals surface area contributed by atoms with E-state index in [0.29, 0.717) is 31.0 Å². The van der Waals surface area contributed by atoms with Gasteiger partial charge in [-0.25, -0.2) is 9.18 Å². The Kier molecular flexibility index (Phi) is 7.97. The minimum Gasteiger partial charge on any atom is -0.465 e. The van der Waals surface area contributed by atoms with E-state index < -0.39 is 0 Å². The molecule has 8 heteroatoms. The molecule has 0 spiro atoms. The number of carbonyl (C=O) groups excluding carboxylic acids is 1. The zero-order valence-corrected chi connectivity index (χ0v) is 18.4. The van der Waals surface area contributed by atoms with E-state index in [1.54, 1.807) is 18.2 Å². The molecule has 0 unspecified atom stereocenters. The van der Waals surface area contributed by atoms with E-state index >= 15 is 0 Å². The van der Waals surface area contributed by atoms with Crippen molar-refractivity contribution in [2.24, 2.45) is 0 Å². The Labute approximate surface area is 185 Å². The van der Waals surface area contributed by atoms with Gasteiger partial charge in [0, 0.05) is 18.8 Å². The van der Waals surface area contributed by atoms with Gasteiger partial charge in [0.2, 0.25) is 0 Å². The number of thioether (sulfide) groups is 1. The van der Waals surface area contributed by atoms with Crippen molar-refractivity contribution in [3.8, 4) is 0 Å². The van der Waals surface area contributed by atoms with Gasteiger partial charge >= 0.3 is 5.97 Å². The third kappa shape index (κ3) is 6.26. The molecule has 162 valence electrons. The second-order valence-corrected chi connectivity index (χ2v) is 8.02. The molecular formula is C23H25FN4O2S. The maximum atomic E-state index is 13.4. The lowest BCUT2D eigenvalue weighted by molar-refractivity contribution is 0.0600. The maximum Gasteiger partial charge on any atom is 0.337 e. The minimum absolute atomic E-state index is 0.243. The van der Waals surface area contributed by atoms with Gasteiger partial charge in [0.25, 0.3) is 0 Å². The van der Waals surface area contributed by atoms with Gasteiger partial charge < -0.3 is 9.30 Å². The fourth-order valence-corrected chi connectivity index (χ4v) is 4.01. The van der Waals surface area contributed by atoms with Crippen LogP contribution >= 0.6 is 11.8 Å². The molecule has 31 heavy (non-hydrogen) atoms. The molecule has 1 heterocycles. The highest BCUT2D eigenvalue weighted by Crippen LogP contribution is 2.23. The van der Waals surface area contributed by atoms with Crippen molar-refractivity contribution in [3.63, 3.8) is 0 Å². The molecule has 0 aliphatic heterocycles. The number of methoxy groups -OCH3 is 1. The Morgan fingerprint density at radius 1 is 1.19 bits per heavy atom. The first-order chi connectivity index (χ1) is 15.0. The zero-order chi connectivity index (χ0) is 22.2. The number of nitrogens with zero attached hydrogens (tertiary/aromatic N) is 4. The van der Waals surface area contributed by atoms with Crippen molar-refractivity contribution in [1.29, 1.82) is 0 Å². The summed E-state index contributed by atoms with van der Waals surface area (Å²) >= 11 is 1.52. The van der Waals surface area contributed by atoms with Crippen molar-refractivity contribution in [3.05, 3.63) is 89.5 Å². The number of carbonyl (C=O) groups is 1. The van der Waals surface area contributed by atoms with Gasteiger partial charge in [0.15, 0.2) is 5.16 Å². The summed E-state index contributed by atoms with van der Waals surface area (Å²) in [5.41, 5.74) is 2.50. The van der Waals surface area contributed by atoms with Crippen LogP contribution in [0.15, 0.2) is 66.3 Å². The molecule has 3 rings (SSSR count). The number of hydrogen-bond donors (Lipinski definition) is 0. The van der Waals surface area contributed by atoms with Crippen molar-refractivity contribution in [2.75, 3.05) is 14.2 Å². The second kappa shape index (κ2) is 10.9. The Hall–Kier alpha value is -2.97. The van der Waals surface area contributed by atoms with E-state index in [2.05, 4.69) is 21.7 Å². The number of esters is 1. The van der Waals surface area contributed by atoms with Crippen LogP contribution < -0.4 is 0 Å². The number of aromatic nitrogens is 3. The molecule has 0 saturated heterocycles. The van der Waals surface area contributed by atoms with Gasteiger partial charge in [-0.15, -0.1) is 16.8 Å². The highest BCUT2D eigenvalue weighted by Gasteiger charge is 2.14. The van der Waals surface area contributed by atoms with Crippen LogP contribution in [0.1, 0.15) is 27.3 Å². The Morgan fingerprint density at radius 2 is 1.97 bits per heavy atom. The van der Waals surface area contributed by atoms with Gasteiger partial charge in [-0.05, 0) is 42.4 Å². The number of hydrogen-bond acceptors (Lipinski definition) is 6. The topological polar surface area (TPSA) is 60.2 Å². The first kappa shape index (κ1) is 22.7. The first-order valence-electron chi connectivity index (χ1n) is 9.76. The summed E-state index contributed by atoms with van der Waals surface area (Å²) in [4.78, 5) is 13.7. The molecule has 0 fully saturated rings. The minimum atomic E-state index is -0.347. The van der Waals surface area contributed by atoms with Crippen LogP contribution in [0.25, 0.3) is 0 Å². The lowest BCUT2D eigenvalue weighted by Gasteiger charge is -2.17. The molecule has 0 saturated carbocycles. The Bertz CT molecular complexity index is 1040. The summed E-state index contributed by atoms with van der Waals surface area (Å²) in [6, 6.07) is 13.9. The van der Waals surface area contributed by atoms with Crippen molar-refractivity contribution < 1.29 is 13.9 Å². The van der Waals surface area contributed by atoms with Gasteiger partial charge in [-0.1, -0.05) is 42.1 Å². The Morgan fingerprint density at radius 3 is 2.65 bits per heavy atom. The predicted molar refractivity (Wildman–Crippen MR) is 119 cm³/mol. The number of benzene rings is 2. The third-order valence-electron chi connectivity index (χ3n) is 4.60. The van der Waals surface area contributed by atoms with E-state index in [1.165, 1.54) is 31.0 Å². The molecule has 0 atom stereocenters. The normalized spacial score (nSPS) is 11.0. The quantitative estimate of drug-likeness (QED) is 0.266. The molecule has 1 aromatic heterocycles. The molecule has 0 radical (unpaired) electrons. The number of rotatable bonds is 10. The van der Waals surface area contributed by atoms with Crippen LogP contribution in [0.4, 0.5) is 4.39 Å². The fraction of sp³-hybridized carbons (Fsp3) is 0.261. The number of ether oxygens (including phenoxy) is 1. The van der Waals surface area contributed by atoms with Crippen LogP contribution in [-0.4, -0.2) is 39.8 Å². The molecule has 0 aliphatic rings. The summed E-state index contributed by atoms with van der Waals surface area (Å²) in [5, 5.41) is 9.46.